The van der Waals surface area contributed by atoms with Crippen LogP contribution >= 0.6 is 11.6 Å². The van der Waals surface area contributed by atoms with Crippen LogP contribution < -0.4 is 10.2 Å². The molecule has 27 heavy (non-hydrogen) atoms. The van der Waals surface area contributed by atoms with Crippen LogP contribution in [-0.4, -0.2) is 23.7 Å². The molecule has 0 atom stereocenters. The lowest BCUT2D eigenvalue weighted by Crippen LogP contribution is -2.24. The smallest absolute Gasteiger partial charge is 0.277 e. The lowest BCUT2D eigenvalue weighted by atomic mass is 10.1. The van der Waals surface area contributed by atoms with Crippen LogP contribution in [0.5, 0.6) is 5.75 Å². The average Bonchev–Trinajstić information content (AvgIpc) is 2.60. The number of hydrogen-bond donors (Lipinski definition) is 1. The Morgan fingerprint density at radius 1 is 1.11 bits per heavy atom. The molecule has 0 spiro atoms. The molecule has 138 valence electrons. The summed E-state index contributed by atoms with van der Waals surface area (Å²) in [6, 6.07) is 13.6. The van der Waals surface area contributed by atoms with E-state index >= 15 is 0 Å². The van der Waals surface area contributed by atoms with E-state index < -0.39 is 0 Å². The Morgan fingerprint density at radius 3 is 2.59 bits per heavy atom. The fraction of sp³-hybridized carbons (Fsp3) is 0.190. The molecule has 1 amide bonds. The van der Waals surface area contributed by atoms with E-state index in [9.17, 15) is 4.79 Å². The standard InChI is InChI=1S/C21H20ClN3O2/c1-13-4-5-16-10-17(21(22)24-19(16)9-13)11-23-25-20(26)12-27-18-7-14(2)6-15(3)8-18/h4-11H,12H2,1-3H3,(H,25,26)/b23-11-. The number of rotatable bonds is 5. The molecule has 3 rings (SSSR count). The van der Waals surface area contributed by atoms with E-state index in [4.69, 9.17) is 16.3 Å². The van der Waals surface area contributed by atoms with Crippen molar-refractivity contribution in [3.8, 4) is 5.75 Å². The van der Waals surface area contributed by atoms with Gasteiger partial charge in [-0.15, -0.1) is 0 Å². The van der Waals surface area contributed by atoms with Gasteiger partial charge in [-0.3, -0.25) is 4.79 Å². The van der Waals surface area contributed by atoms with Crippen LogP contribution in [0, 0.1) is 20.8 Å². The second-order valence-electron chi connectivity index (χ2n) is 6.47. The Kier molecular flexibility index (Phi) is 5.72. The van der Waals surface area contributed by atoms with Crippen molar-refractivity contribution in [2.24, 2.45) is 5.10 Å². The molecule has 0 bridgehead atoms. The highest BCUT2D eigenvalue weighted by Crippen LogP contribution is 2.20. The number of carbonyl (C=O) groups is 1. The SMILES string of the molecule is Cc1cc(C)cc(OCC(=O)N/N=C\c2cc3ccc(C)cc3nc2Cl)c1. The number of ether oxygens (including phenoxy) is 1. The van der Waals surface area contributed by atoms with Gasteiger partial charge in [0.2, 0.25) is 0 Å². The van der Waals surface area contributed by atoms with Crippen LogP contribution in [0.1, 0.15) is 22.3 Å². The summed E-state index contributed by atoms with van der Waals surface area (Å²) in [5, 5.41) is 5.23. The summed E-state index contributed by atoms with van der Waals surface area (Å²) in [7, 11) is 0. The van der Waals surface area contributed by atoms with Crippen LogP contribution in [0.25, 0.3) is 10.9 Å². The van der Waals surface area contributed by atoms with Crippen molar-refractivity contribution in [1.82, 2.24) is 10.4 Å². The zero-order valence-corrected chi connectivity index (χ0v) is 16.2. The van der Waals surface area contributed by atoms with Crippen LogP contribution in [0.2, 0.25) is 5.15 Å². The van der Waals surface area contributed by atoms with Gasteiger partial charge >= 0.3 is 0 Å². The van der Waals surface area contributed by atoms with Crippen LogP contribution in [0.4, 0.5) is 0 Å². The van der Waals surface area contributed by atoms with Gasteiger partial charge in [-0.2, -0.15) is 5.10 Å². The van der Waals surface area contributed by atoms with E-state index in [1.165, 1.54) is 6.21 Å². The number of nitrogens with one attached hydrogen (secondary N) is 1. The van der Waals surface area contributed by atoms with Gasteiger partial charge in [0, 0.05) is 10.9 Å². The highest BCUT2D eigenvalue weighted by molar-refractivity contribution is 6.32. The number of benzene rings is 2. The highest BCUT2D eigenvalue weighted by atomic mass is 35.5. The summed E-state index contributed by atoms with van der Waals surface area (Å²) in [5.74, 6) is 0.301. The zero-order chi connectivity index (χ0) is 19.4. The van der Waals surface area contributed by atoms with E-state index in [2.05, 4.69) is 15.5 Å². The first-order chi connectivity index (χ1) is 12.9. The monoisotopic (exact) mass is 381 g/mol. The molecule has 1 heterocycles. The predicted molar refractivity (Wildman–Crippen MR) is 109 cm³/mol. The molecule has 0 aliphatic heterocycles. The quantitative estimate of drug-likeness (QED) is 0.406. The molecule has 3 aromatic rings. The number of hydrazone groups is 1. The Hall–Kier alpha value is -2.92. The minimum absolute atomic E-state index is 0.122. The molecule has 0 saturated carbocycles. The van der Waals surface area contributed by atoms with Gasteiger partial charge in [-0.1, -0.05) is 29.8 Å². The summed E-state index contributed by atoms with van der Waals surface area (Å²) < 4.78 is 5.50. The summed E-state index contributed by atoms with van der Waals surface area (Å²) in [6.45, 7) is 5.84. The maximum Gasteiger partial charge on any atom is 0.277 e. The van der Waals surface area contributed by atoms with Gasteiger partial charge in [-0.05, 0) is 61.7 Å². The fourth-order valence-electron chi connectivity index (χ4n) is 2.73. The molecule has 1 aromatic heterocycles. The Bertz CT molecular complexity index is 1010. The number of fused-ring (bicyclic) bond motifs is 1. The first-order valence-corrected chi connectivity index (χ1v) is 8.88. The largest absolute Gasteiger partial charge is 0.484 e. The van der Waals surface area contributed by atoms with Crippen LogP contribution in [-0.2, 0) is 4.79 Å². The third-order valence-electron chi connectivity index (χ3n) is 3.91. The molecule has 2 aromatic carbocycles. The third-order valence-corrected chi connectivity index (χ3v) is 4.21. The number of amides is 1. The van der Waals surface area contributed by atoms with Gasteiger partial charge in [0.05, 0.1) is 11.7 Å². The summed E-state index contributed by atoms with van der Waals surface area (Å²) >= 11 is 6.20. The minimum atomic E-state index is -0.356. The lowest BCUT2D eigenvalue weighted by Gasteiger charge is -2.07. The second-order valence-corrected chi connectivity index (χ2v) is 6.83. The van der Waals surface area contributed by atoms with Crippen LogP contribution in [0.15, 0.2) is 47.6 Å². The Morgan fingerprint density at radius 2 is 1.85 bits per heavy atom. The summed E-state index contributed by atoms with van der Waals surface area (Å²) in [5.41, 5.74) is 7.16. The van der Waals surface area contributed by atoms with Gasteiger partial charge in [-0.25, -0.2) is 10.4 Å². The fourth-order valence-corrected chi connectivity index (χ4v) is 2.93. The van der Waals surface area contributed by atoms with Crippen molar-refractivity contribution in [3.63, 3.8) is 0 Å². The van der Waals surface area contributed by atoms with Gasteiger partial charge in [0.1, 0.15) is 10.9 Å². The Balaban J connectivity index is 1.61. The van der Waals surface area contributed by atoms with E-state index in [1.807, 2.05) is 63.2 Å². The topological polar surface area (TPSA) is 63.6 Å². The van der Waals surface area contributed by atoms with Crippen LogP contribution in [0.3, 0.4) is 0 Å². The number of pyridine rings is 1. The van der Waals surface area contributed by atoms with E-state index in [-0.39, 0.29) is 12.5 Å². The normalized spacial score (nSPS) is 11.1. The molecular weight excluding hydrogens is 362 g/mol. The number of hydrogen-bond acceptors (Lipinski definition) is 4. The van der Waals surface area contributed by atoms with Crippen molar-refractivity contribution in [1.29, 1.82) is 0 Å². The first-order valence-electron chi connectivity index (χ1n) is 8.50. The third kappa shape index (κ3) is 5.05. The van der Waals surface area contributed by atoms with Crippen molar-refractivity contribution < 1.29 is 9.53 Å². The molecule has 0 aliphatic rings. The molecule has 0 unspecified atom stereocenters. The van der Waals surface area contributed by atoms with Gasteiger partial charge in [0.15, 0.2) is 6.61 Å². The number of nitrogens with zero attached hydrogens (tertiary/aromatic N) is 2. The lowest BCUT2D eigenvalue weighted by molar-refractivity contribution is -0.123. The number of halogens is 1. The molecule has 0 radical (unpaired) electrons. The molecule has 0 aliphatic carbocycles. The van der Waals surface area contributed by atoms with Crippen molar-refractivity contribution >= 4 is 34.6 Å². The van der Waals surface area contributed by atoms with Crippen molar-refractivity contribution in [2.45, 2.75) is 20.8 Å². The average molecular weight is 382 g/mol. The number of carbonyl (C=O) groups excluding carboxylic acids is 1. The summed E-state index contributed by atoms with van der Waals surface area (Å²) in [6.07, 6.45) is 1.48. The highest BCUT2D eigenvalue weighted by Gasteiger charge is 2.05. The number of aryl methyl sites for hydroxylation is 3. The van der Waals surface area contributed by atoms with E-state index in [1.54, 1.807) is 0 Å². The maximum atomic E-state index is 11.9. The minimum Gasteiger partial charge on any atom is -0.484 e. The molecule has 1 N–H and O–H groups in total. The Labute approximate surface area is 163 Å². The molecule has 0 saturated heterocycles. The zero-order valence-electron chi connectivity index (χ0n) is 15.4. The first kappa shape index (κ1) is 18.9. The maximum absolute atomic E-state index is 11.9. The summed E-state index contributed by atoms with van der Waals surface area (Å²) in [4.78, 5) is 16.3. The van der Waals surface area contributed by atoms with Gasteiger partial charge < -0.3 is 4.74 Å². The van der Waals surface area contributed by atoms with E-state index in [0.717, 1.165) is 27.6 Å². The molecule has 6 heteroatoms. The van der Waals surface area contributed by atoms with Gasteiger partial charge in [0.25, 0.3) is 5.91 Å². The van der Waals surface area contributed by atoms with Crippen molar-refractivity contribution in [3.05, 3.63) is 69.9 Å². The molecule has 0 fully saturated rings. The second kappa shape index (κ2) is 8.18. The molecule has 5 nitrogen and oxygen atoms in total. The van der Waals surface area contributed by atoms with E-state index in [0.29, 0.717) is 16.5 Å². The molecular formula is C21H20ClN3O2. The van der Waals surface area contributed by atoms with Crippen molar-refractivity contribution in [2.75, 3.05) is 6.61 Å². The predicted octanol–water partition coefficient (Wildman–Crippen LogP) is 4.34. The number of aromatic nitrogens is 1.